The normalized spacial score (nSPS) is 14.6. The van der Waals surface area contributed by atoms with Crippen molar-refractivity contribution in [1.29, 1.82) is 0 Å². The first kappa shape index (κ1) is 20.2. The molecule has 2 aromatic carbocycles. The summed E-state index contributed by atoms with van der Waals surface area (Å²) in [5.74, 6) is -0.506. The molecule has 4 rings (SSSR count). The third-order valence-corrected chi connectivity index (χ3v) is 5.25. The van der Waals surface area contributed by atoms with Gasteiger partial charge in [0.25, 0.3) is 0 Å². The molecule has 0 spiro atoms. The molecular formula is C22H25N3O5. The molecule has 158 valence electrons. The number of ether oxygens (including phenoxy) is 2. The Morgan fingerprint density at radius 2 is 1.97 bits per heavy atom. The fourth-order valence-corrected chi connectivity index (χ4v) is 3.61. The van der Waals surface area contributed by atoms with E-state index in [-0.39, 0.29) is 23.2 Å². The van der Waals surface area contributed by atoms with Crippen molar-refractivity contribution in [3.8, 4) is 5.75 Å². The second-order valence-electron chi connectivity index (χ2n) is 7.64. The summed E-state index contributed by atoms with van der Waals surface area (Å²) in [6.07, 6.45) is 0. The van der Waals surface area contributed by atoms with E-state index in [1.165, 1.54) is 0 Å². The summed E-state index contributed by atoms with van der Waals surface area (Å²) < 4.78 is 10.7. The van der Waals surface area contributed by atoms with Crippen molar-refractivity contribution < 1.29 is 19.4 Å². The maximum atomic E-state index is 13.0. The monoisotopic (exact) mass is 411 g/mol. The van der Waals surface area contributed by atoms with Gasteiger partial charge in [-0.15, -0.1) is 0 Å². The van der Waals surface area contributed by atoms with Crippen molar-refractivity contribution in [2.24, 2.45) is 0 Å². The number of aromatic hydroxyl groups is 1. The highest BCUT2D eigenvalue weighted by molar-refractivity contribution is 6.00. The average Bonchev–Trinajstić information content (AvgIpc) is 2.73. The van der Waals surface area contributed by atoms with E-state index in [1.807, 2.05) is 25.1 Å². The summed E-state index contributed by atoms with van der Waals surface area (Å²) >= 11 is 0. The number of aromatic amines is 1. The number of anilines is 1. The van der Waals surface area contributed by atoms with Gasteiger partial charge in [-0.05, 0) is 38.4 Å². The highest BCUT2D eigenvalue weighted by atomic mass is 16.5. The second kappa shape index (κ2) is 8.33. The number of pyridine rings is 1. The number of H-pyrrole nitrogens is 1. The zero-order chi connectivity index (χ0) is 21.3. The van der Waals surface area contributed by atoms with Gasteiger partial charge >= 0.3 is 5.97 Å². The summed E-state index contributed by atoms with van der Waals surface area (Å²) in [5, 5.41) is 11.2. The SMILES string of the molecule is CN(C)CCOC(=O)c1ccc2c(=O)c3c(O)cc(N4CCOCC4)cc3[nH]c2c1. The van der Waals surface area contributed by atoms with Gasteiger partial charge in [0.2, 0.25) is 5.43 Å². The number of hydrogen-bond donors (Lipinski definition) is 2. The first-order valence-electron chi connectivity index (χ1n) is 9.91. The summed E-state index contributed by atoms with van der Waals surface area (Å²) in [4.78, 5) is 32.6. The Labute approximate surface area is 173 Å². The minimum Gasteiger partial charge on any atom is -0.507 e. The number of nitrogens with zero attached hydrogens (tertiary/aromatic N) is 2. The summed E-state index contributed by atoms with van der Waals surface area (Å²) in [5.41, 5.74) is 1.94. The maximum Gasteiger partial charge on any atom is 0.338 e. The number of phenolic OH excluding ortho intramolecular Hbond substituents is 1. The molecule has 1 saturated heterocycles. The van der Waals surface area contributed by atoms with Crippen LogP contribution in [-0.4, -0.2) is 74.5 Å². The van der Waals surface area contributed by atoms with E-state index in [2.05, 4.69) is 9.88 Å². The quantitative estimate of drug-likeness (QED) is 0.489. The molecule has 8 heteroatoms. The Balaban J connectivity index is 1.73. The van der Waals surface area contributed by atoms with Crippen molar-refractivity contribution in [1.82, 2.24) is 9.88 Å². The van der Waals surface area contributed by atoms with Gasteiger partial charge in [-0.1, -0.05) is 0 Å². The molecule has 0 atom stereocenters. The molecule has 2 N–H and O–H groups in total. The first-order chi connectivity index (χ1) is 14.4. The van der Waals surface area contributed by atoms with Gasteiger partial charge in [0.05, 0.1) is 35.2 Å². The molecule has 1 aliphatic heterocycles. The van der Waals surface area contributed by atoms with E-state index in [9.17, 15) is 14.7 Å². The van der Waals surface area contributed by atoms with Crippen LogP contribution in [0.15, 0.2) is 35.1 Å². The summed E-state index contributed by atoms with van der Waals surface area (Å²) in [6, 6.07) is 8.24. The van der Waals surface area contributed by atoms with Crippen molar-refractivity contribution >= 4 is 33.5 Å². The van der Waals surface area contributed by atoms with E-state index >= 15 is 0 Å². The molecule has 0 amide bonds. The van der Waals surface area contributed by atoms with E-state index < -0.39 is 5.97 Å². The van der Waals surface area contributed by atoms with Gasteiger partial charge < -0.3 is 29.4 Å². The fourth-order valence-electron chi connectivity index (χ4n) is 3.61. The van der Waals surface area contributed by atoms with Gasteiger partial charge in [-0.25, -0.2) is 4.79 Å². The molecule has 30 heavy (non-hydrogen) atoms. The molecule has 1 aliphatic rings. The molecule has 2 heterocycles. The van der Waals surface area contributed by atoms with Crippen molar-refractivity contribution in [2.75, 3.05) is 58.5 Å². The van der Waals surface area contributed by atoms with Crippen LogP contribution in [0.3, 0.4) is 0 Å². The van der Waals surface area contributed by atoms with Crippen LogP contribution in [0.4, 0.5) is 5.69 Å². The van der Waals surface area contributed by atoms with Gasteiger partial charge in [0, 0.05) is 36.8 Å². The number of morpholine rings is 1. The van der Waals surface area contributed by atoms with Crippen LogP contribution in [0.25, 0.3) is 21.8 Å². The van der Waals surface area contributed by atoms with Crippen molar-refractivity contribution in [3.63, 3.8) is 0 Å². The summed E-state index contributed by atoms with van der Waals surface area (Å²) in [7, 11) is 3.81. The highest BCUT2D eigenvalue weighted by Gasteiger charge is 2.17. The smallest absolute Gasteiger partial charge is 0.338 e. The van der Waals surface area contributed by atoms with E-state index in [1.54, 1.807) is 24.3 Å². The zero-order valence-corrected chi connectivity index (χ0v) is 17.1. The second-order valence-corrected chi connectivity index (χ2v) is 7.64. The van der Waals surface area contributed by atoms with Crippen molar-refractivity contribution in [3.05, 3.63) is 46.1 Å². The Bertz CT molecular complexity index is 1150. The zero-order valence-electron chi connectivity index (χ0n) is 17.1. The van der Waals surface area contributed by atoms with Crippen LogP contribution in [0, 0.1) is 0 Å². The van der Waals surface area contributed by atoms with Crippen LogP contribution in [-0.2, 0) is 9.47 Å². The highest BCUT2D eigenvalue weighted by Crippen LogP contribution is 2.30. The molecule has 0 unspecified atom stereocenters. The van der Waals surface area contributed by atoms with Crippen LogP contribution in [0.5, 0.6) is 5.75 Å². The standard InChI is InChI=1S/C22H25N3O5/c1-24(2)5-10-30-22(28)14-3-4-16-17(11-14)23-18-12-15(25-6-8-29-9-7-25)13-19(26)20(18)21(16)27/h3-4,11-13,26H,5-10H2,1-2H3,(H,23,27). The fraction of sp³-hybridized carbons (Fsp3) is 0.364. The lowest BCUT2D eigenvalue weighted by Crippen LogP contribution is -2.36. The van der Waals surface area contributed by atoms with E-state index in [0.29, 0.717) is 54.8 Å². The van der Waals surface area contributed by atoms with Crippen molar-refractivity contribution in [2.45, 2.75) is 0 Å². The number of hydrogen-bond acceptors (Lipinski definition) is 7. The lowest BCUT2D eigenvalue weighted by molar-refractivity contribution is 0.0482. The van der Waals surface area contributed by atoms with Crippen LogP contribution >= 0.6 is 0 Å². The molecule has 0 bridgehead atoms. The molecule has 1 fully saturated rings. The number of fused-ring (bicyclic) bond motifs is 2. The molecule has 0 saturated carbocycles. The maximum absolute atomic E-state index is 13.0. The van der Waals surface area contributed by atoms with Gasteiger partial charge in [0.1, 0.15) is 12.4 Å². The van der Waals surface area contributed by atoms with Crippen LogP contribution < -0.4 is 10.3 Å². The number of carbonyl (C=O) groups is 1. The number of benzene rings is 2. The molecule has 3 aromatic rings. The predicted octanol–water partition coefficient (Wildman–Crippen LogP) is 1.94. The minimum atomic E-state index is -0.440. The number of esters is 1. The minimum absolute atomic E-state index is 0.0655. The number of carbonyl (C=O) groups excluding carboxylic acids is 1. The molecule has 8 nitrogen and oxygen atoms in total. The van der Waals surface area contributed by atoms with E-state index in [4.69, 9.17) is 9.47 Å². The number of rotatable bonds is 5. The first-order valence-corrected chi connectivity index (χ1v) is 9.91. The molecule has 0 aliphatic carbocycles. The van der Waals surface area contributed by atoms with E-state index in [0.717, 1.165) is 5.69 Å². The van der Waals surface area contributed by atoms with Gasteiger partial charge in [-0.3, -0.25) is 4.79 Å². The summed E-state index contributed by atoms with van der Waals surface area (Å²) in [6.45, 7) is 3.58. The Kier molecular flexibility index (Phi) is 5.61. The van der Waals surface area contributed by atoms with Gasteiger partial charge in [0.15, 0.2) is 0 Å². The van der Waals surface area contributed by atoms with Crippen LogP contribution in [0.2, 0.25) is 0 Å². The topological polar surface area (TPSA) is 95.1 Å². The van der Waals surface area contributed by atoms with Gasteiger partial charge in [-0.2, -0.15) is 0 Å². The lowest BCUT2D eigenvalue weighted by Gasteiger charge is -2.29. The number of aromatic nitrogens is 1. The Hall–Kier alpha value is -3.10. The van der Waals surface area contributed by atoms with Crippen LogP contribution in [0.1, 0.15) is 10.4 Å². The molecule has 0 radical (unpaired) electrons. The number of likely N-dealkylation sites (N-methyl/N-ethyl adjacent to an activating group) is 1. The number of phenols is 1. The third kappa shape index (κ3) is 3.96. The Morgan fingerprint density at radius 3 is 2.70 bits per heavy atom. The largest absolute Gasteiger partial charge is 0.507 e. The molecular weight excluding hydrogens is 386 g/mol. The lowest BCUT2D eigenvalue weighted by atomic mass is 10.1. The number of nitrogens with one attached hydrogen (secondary N) is 1. The Morgan fingerprint density at radius 1 is 1.20 bits per heavy atom. The average molecular weight is 411 g/mol. The third-order valence-electron chi connectivity index (χ3n) is 5.25. The predicted molar refractivity (Wildman–Crippen MR) is 116 cm³/mol. The molecule has 1 aromatic heterocycles.